The van der Waals surface area contributed by atoms with Gasteiger partial charge in [-0.15, -0.1) is 0 Å². The number of carbonyl (C=O) groups excluding carboxylic acids is 1. The molecule has 1 heterocycles. The van der Waals surface area contributed by atoms with E-state index < -0.39 is 5.97 Å². The number of aryl methyl sites for hydroxylation is 1. The molecule has 2 rings (SSSR count). The van der Waals surface area contributed by atoms with Crippen molar-refractivity contribution in [2.45, 2.75) is 19.8 Å². The normalized spacial score (nSPS) is 10.1. The molecule has 1 aromatic heterocycles. The summed E-state index contributed by atoms with van der Waals surface area (Å²) in [6.07, 6.45) is 3.69. The van der Waals surface area contributed by atoms with E-state index in [1.165, 1.54) is 18.9 Å². The number of carbonyl (C=O) groups is 1. The SMILES string of the molecule is CCCc1ccc(Oc2cc(C(=O)OC)ccn2)cc1. The summed E-state index contributed by atoms with van der Waals surface area (Å²) < 4.78 is 10.3. The number of hydrogen-bond donors (Lipinski definition) is 0. The summed E-state index contributed by atoms with van der Waals surface area (Å²) >= 11 is 0. The minimum absolute atomic E-state index is 0.371. The molecule has 0 amide bonds. The van der Waals surface area contributed by atoms with E-state index in [1.54, 1.807) is 12.1 Å². The molecule has 0 N–H and O–H groups in total. The van der Waals surface area contributed by atoms with Gasteiger partial charge in [-0.3, -0.25) is 0 Å². The summed E-state index contributed by atoms with van der Waals surface area (Å²) in [5.74, 6) is 0.658. The minimum atomic E-state index is -0.407. The second-order valence-corrected chi connectivity index (χ2v) is 4.37. The Morgan fingerprint density at radius 1 is 1.20 bits per heavy atom. The van der Waals surface area contributed by atoms with Crippen LogP contribution in [0.3, 0.4) is 0 Å². The second kappa shape index (κ2) is 6.70. The molecule has 0 aliphatic rings. The van der Waals surface area contributed by atoms with Crippen LogP contribution in [0.2, 0.25) is 0 Å². The Hall–Kier alpha value is -2.36. The van der Waals surface area contributed by atoms with Crippen LogP contribution in [0.1, 0.15) is 29.3 Å². The lowest BCUT2D eigenvalue weighted by Gasteiger charge is -2.06. The molecule has 1 aromatic carbocycles. The van der Waals surface area contributed by atoms with Crippen molar-refractivity contribution in [2.75, 3.05) is 7.11 Å². The number of methoxy groups -OCH3 is 1. The zero-order valence-electron chi connectivity index (χ0n) is 11.6. The van der Waals surface area contributed by atoms with Crippen molar-refractivity contribution in [1.29, 1.82) is 0 Å². The lowest BCUT2D eigenvalue weighted by atomic mass is 10.1. The third kappa shape index (κ3) is 3.57. The van der Waals surface area contributed by atoms with Gasteiger partial charge in [0.1, 0.15) is 5.75 Å². The van der Waals surface area contributed by atoms with Crippen molar-refractivity contribution < 1.29 is 14.3 Å². The van der Waals surface area contributed by atoms with Crippen LogP contribution >= 0.6 is 0 Å². The molecule has 0 spiro atoms. The third-order valence-electron chi connectivity index (χ3n) is 2.84. The van der Waals surface area contributed by atoms with Crippen molar-refractivity contribution in [3.05, 3.63) is 53.7 Å². The van der Waals surface area contributed by atoms with E-state index in [9.17, 15) is 4.79 Å². The summed E-state index contributed by atoms with van der Waals surface area (Å²) in [6, 6.07) is 11.0. The van der Waals surface area contributed by atoms with Gasteiger partial charge in [0.25, 0.3) is 0 Å². The number of pyridine rings is 1. The molecule has 0 aliphatic heterocycles. The van der Waals surface area contributed by atoms with Crippen LogP contribution in [-0.2, 0) is 11.2 Å². The maximum Gasteiger partial charge on any atom is 0.338 e. The number of aromatic nitrogens is 1. The fourth-order valence-electron chi connectivity index (χ4n) is 1.84. The van der Waals surface area contributed by atoms with E-state index in [4.69, 9.17) is 4.74 Å². The Morgan fingerprint density at radius 2 is 1.95 bits per heavy atom. The predicted octanol–water partition coefficient (Wildman–Crippen LogP) is 3.61. The zero-order valence-corrected chi connectivity index (χ0v) is 11.6. The van der Waals surface area contributed by atoms with Gasteiger partial charge in [-0.05, 0) is 30.2 Å². The standard InChI is InChI=1S/C16H17NO3/c1-3-4-12-5-7-14(8-6-12)20-15-11-13(9-10-17-15)16(18)19-2/h5-11H,3-4H2,1-2H3. The number of esters is 1. The first-order chi connectivity index (χ1) is 9.72. The van der Waals surface area contributed by atoms with Crippen molar-refractivity contribution >= 4 is 5.97 Å². The van der Waals surface area contributed by atoms with Crippen molar-refractivity contribution in [2.24, 2.45) is 0 Å². The molecule has 0 atom stereocenters. The summed E-state index contributed by atoms with van der Waals surface area (Å²) in [5.41, 5.74) is 1.69. The van der Waals surface area contributed by atoms with Gasteiger partial charge in [0.05, 0.1) is 12.7 Å². The molecule has 104 valence electrons. The van der Waals surface area contributed by atoms with E-state index in [1.807, 2.05) is 24.3 Å². The van der Waals surface area contributed by atoms with Crippen LogP contribution in [0, 0.1) is 0 Å². The van der Waals surface area contributed by atoms with Gasteiger partial charge < -0.3 is 9.47 Å². The highest BCUT2D eigenvalue weighted by Gasteiger charge is 2.07. The topological polar surface area (TPSA) is 48.4 Å². The smallest absolute Gasteiger partial charge is 0.338 e. The number of rotatable bonds is 5. The van der Waals surface area contributed by atoms with Gasteiger partial charge in [-0.25, -0.2) is 9.78 Å². The molecule has 0 unspecified atom stereocenters. The first-order valence-electron chi connectivity index (χ1n) is 6.54. The highest BCUT2D eigenvalue weighted by molar-refractivity contribution is 5.89. The van der Waals surface area contributed by atoms with Crippen molar-refractivity contribution in [1.82, 2.24) is 4.98 Å². The Labute approximate surface area is 118 Å². The van der Waals surface area contributed by atoms with Crippen LogP contribution in [-0.4, -0.2) is 18.1 Å². The van der Waals surface area contributed by atoms with E-state index in [0.717, 1.165) is 12.8 Å². The summed E-state index contributed by atoms with van der Waals surface area (Å²) in [7, 11) is 1.34. The number of benzene rings is 1. The second-order valence-electron chi connectivity index (χ2n) is 4.37. The van der Waals surface area contributed by atoms with E-state index >= 15 is 0 Å². The van der Waals surface area contributed by atoms with Gasteiger partial charge in [0.15, 0.2) is 0 Å². The predicted molar refractivity (Wildman–Crippen MR) is 76.1 cm³/mol. The molecular formula is C16H17NO3. The molecule has 0 fully saturated rings. The van der Waals surface area contributed by atoms with Gasteiger partial charge in [-0.2, -0.15) is 0 Å². The largest absolute Gasteiger partial charge is 0.465 e. The molecule has 0 bridgehead atoms. The summed E-state index contributed by atoms with van der Waals surface area (Å²) in [5, 5.41) is 0. The van der Waals surface area contributed by atoms with Gasteiger partial charge in [0.2, 0.25) is 5.88 Å². The lowest BCUT2D eigenvalue weighted by Crippen LogP contribution is -2.01. The molecule has 0 saturated carbocycles. The number of hydrogen-bond acceptors (Lipinski definition) is 4. The Balaban J connectivity index is 2.11. The molecule has 4 heteroatoms. The molecule has 0 radical (unpaired) electrons. The van der Waals surface area contributed by atoms with Crippen LogP contribution in [0.5, 0.6) is 11.6 Å². The van der Waals surface area contributed by atoms with E-state index in [0.29, 0.717) is 17.2 Å². The zero-order chi connectivity index (χ0) is 14.4. The van der Waals surface area contributed by atoms with Crippen LogP contribution < -0.4 is 4.74 Å². The average Bonchev–Trinajstić information content (AvgIpc) is 2.49. The first kappa shape index (κ1) is 14.1. The van der Waals surface area contributed by atoms with Gasteiger partial charge in [-0.1, -0.05) is 25.5 Å². The number of ether oxygens (including phenoxy) is 2. The molecule has 2 aromatic rings. The quantitative estimate of drug-likeness (QED) is 0.779. The highest BCUT2D eigenvalue weighted by Crippen LogP contribution is 2.21. The fraction of sp³-hybridized carbons (Fsp3) is 0.250. The molecular weight excluding hydrogens is 254 g/mol. The molecule has 4 nitrogen and oxygen atoms in total. The maximum absolute atomic E-state index is 11.4. The average molecular weight is 271 g/mol. The van der Waals surface area contributed by atoms with E-state index in [2.05, 4.69) is 16.6 Å². The van der Waals surface area contributed by atoms with Crippen molar-refractivity contribution in [3.8, 4) is 11.6 Å². The maximum atomic E-state index is 11.4. The van der Waals surface area contributed by atoms with E-state index in [-0.39, 0.29) is 0 Å². The fourth-order valence-corrected chi connectivity index (χ4v) is 1.84. The number of nitrogens with zero attached hydrogens (tertiary/aromatic N) is 1. The Morgan fingerprint density at radius 3 is 2.60 bits per heavy atom. The van der Waals surface area contributed by atoms with Crippen molar-refractivity contribution in [3.63, 3.8) is 0 Å². The highest BCUT2D eigenvalue weighted by atomic mass is 16.5. The lowest BCUT2D eigenvalue weighted by molar-refractivity contribution is 0.0600. The monoisotopic (exact) mass is 271 g/mol. The molecule has 0 saturated heterocycles. The molecule has 0 aliphatic carbocycles. The van der Waals surface area contributed by atoms with Crippen LogP contribution in [0.4, 0.5) is 0 Å². The minimum Gasteiger partial charge on any atom is -0.465 e. The summed E-state index contributed by atoms with van der Waals surface area (Å²) in [6.45, 7) is 2.15. The Bertz CT molecular complexity index is 579. The van der Waals surface area contributed by atoms with Gasteiger partial charge in [0, 0.05) is 12.3 Å². The Kier molecular flexibility index (Phi) is 4.71. The molecule has 20 heavy (non-hydrogen) atoms. The van der Waals surface area contributed by atoms with Crippen LogP contribution in [0.25, 0.3) is 0 Å². The first-order valence-corrected chi connectivity index (χ1v) is 6.54. The third-order valence-corrected chi connectivity index (χ3v) is 2.84. The van der Waals surface area contributed by atoms with Crippen LogP contribution in [0.15, 0.2) is 42.6 Å². The van der Waals surface area contributed by atoms with Gasteiger partial charge >= 0.3 is 5.97 Å². The summed E-state index contributed by atoms with van der Waals surface area (Å²) in [4.78, 5) is 15.5.